The zero-order valence-electron chi connectivity index (χ0n) is 16.2. The Labute approximate surface area is 168 Å². The molecule has 1 amide bonds. The predicted octanol–water partition coefficient (Wildman–Crippen LogP) is 2.07. The summed E-state index contributed by atoms with van der Waals surface area (Å²) in [4.78, 5) is 28.6. The summed E-state index contributed by atoms with van der Waals surface area (Å²) in [6.45, 7) is 2.22. The molecule has 0 aliphatic heterocycles. The van der Waals surface area contributed by atoms with E-state index < -0.39 is 6.04 Å². The number of carbonyl (C=O) groups is 1. The van der Waals surface area contributed by atoms with Gasteiger partial charge in [-0.05, 0) is 49.4 Å². The van der Waals surface area contributed by atoms with Crippen LogP contribution in [0.15, 0.2) is 65.7 Å². The number of methoxy groups -OCH3 is 1. The van der Waals surface area contributed by atoms with E-state index in [1.807, 2.05) is 0 Å². The molecule has 3 rings (SSSR count). The van der Waals surface area contributed by atoms with E-state index in [0.29, 0.717) is 24.6 Å². The fourth-order valence-electron chi connectivity index (χ4n) is 2.65. The lowest BCUT2D eigenvalue weighted by molar-refractivity contribution is -0.124. The number of benzene rings is 1. The number of hydrogen-bond donors (Lipinski definition) is 1. The highest BCUT2D eigenvalue weighted by Gasteiger charge is 2.17. The largest absolute Gasteiger partial charge is 0.497 e. The third-order valence-corrected chi connectivity index (χ3v) is 4.28. The number of nitrogens with one attached hydrogen (secondary N) is 1. The molecule has 0 saturated heterocycles. The van der Waals surface area contributed by atoms with Crippen molar-refractivity contribution in [1.29, 1.82) is 0 Å². The summed E-state index contributed by atoms with van der Waals surface area (Å²) in [5.41, 5.74) is 1.06. The van der Waals surface area contributed by atoms with Crippen LogP contribution in [0.2, 0.25) is 0 Å². The molecule has 0 aliphatic carbocycles. The van der Waals surface area contributed by atoms with Crippen molar-refractivity contribution in [2.24, 2.45) is 0 Å². The standard InChI is InChI=1S/C21H22N4O4/c1-15(21(27)23-13-14-29-18-5-3-17(28-2)4-6-18)25-20(26)8-7-19(24-25)16-9-11-22-12-10-16/h3-12,15H,13-14H2,1-2H3,(H,23,27). The normalized spacial score (nSPS) is 11.5. The first kappa shape index (κ1) is 20.1. The van der Waals surface area contributed by atoms with Crippen LogP contribution in [-0.4, -0.2) is 40.9 Å². The lowest BCUT2D eigenvalue weighted by atomic mass is 10.2. The number of aromatic nitrogens is 3. The lowest BCUT2D eigenvalue weighted by Crippen LogP contribution is -2.38. The molecule has 3 aromatic rings. The molecule has 150 valence electrons. The molecule has 1 atom stereocenters. The van der Waals surface area contributed by atoms with Crippen molar-refractivity contribution in [3.63, 3.8) is 0 Å². The molecule has 29 heavy (non-hydrogen) atoms. The van der Waals surface area contributed by atoms with Crippen LogP contribution in [0, 0.1) is 0 Å². The third kappa shape index (κ3) is 5.19. The summed E-state index contributed by atoms with van der Waals surface area (Å²) >= 11 is 0. The predicted molar refractivity (Wildman–Crippen MR) is 108 cm³/mol. The molecule has 0 spiro atoms. The van der Waals surface area contributed by atoms with Crippen LogP contribution >= 0.6 is 0 Å². The van der Waals surface area contributed by atoms with Crippen molar-refractivity contribution in [2.75, 3.05) is 20.3 Å². The smallest absolute Gasteiger partial charge is 0.267 e. The fourth-order valence-corrected chi connectivity index (χ4v) is 2.65. The van der Waals surface area contributed by atoms with Gasteiger partial charge < -0.3 is 14.8 Å². The molecule has 2 aromatic heterocycles. The monoisotopic (exact) mass is 394 g/mol. The topological polar surface area (TPSA) is 95.3 Å². The van der Waals surface area contributed by atoms with Crippen LogP contribution in [-0.2, 0) is 4.79 Å². The van der Waals surface area contributed by atoms with Crippen LogP contribution in [0.5, 0.6) is 11.5 Å². The van der Waals surface area contributed by atoms with Crippen LogP contribution in [0.25, 0.3) is 11.3 Å². The molecular weight excluding hydrogens is 372 g/mol. The molecular formula is C21H22N4O4. The van der Waals surface area contributed by atoms with Gasteiger partial charge in [0.15, 0.2) is 0 Å². The van der Waals surface area contributed by atoms with Crippen LogP contribution in [0.4, 0.5) is 0 Å². The minimum atomic E-state index is -0.759. The number of pyridine rings is 1. The Kier molecular flexibility index (Phi) is 6.57. The maximum atomic E-state index is 12.4. The molecule has 1 unspecified atom stereocenters. The number of nitrogens with zero attached hydrogens (tertiary/aromatic N) is 3. The Morgan fingerprint density at radius 2 is 1.76 bits per heavy atom. The second kappa shape index (κ2) is 9.50. The molecule has 1 aromatic carbocycles. The number of ether oxygens (including phenoxy) is 2. The van der Waals surface area contributed by atoms with Gasteiger partial charge in [-0.15, -0.1) is 0 Å². The van der Waals surface area contributed by atoms with Crippen molar-refractivity contribution in [1.82, 2.24) is 20.1 Å². The summed E-state index contributed by atoms with van der Waals surface area (Å²) in [5, 5.41) is 7.09. The van der Waals surface area contributed by atoms with Gasteiger partial charge in [-0.2, -0.15) is 5.10 Å². The summed E-state index contributed by atoms with van der Waals surface area (Å²) in [7, 11) is 1.60. The maximum absolute atomic E-state index is 12.4. The number of hydrogen-bond acceptors (Lipinski definition) is 6. The zero-order chi connectivity index (χ0) is 20.6. The summed E-state index contributed by atoms with van der Waals surface area (Å²) < 4.78 is 11.8. The highest BCUT2D eigenvalue weighted by atomic mass is 16.5. The Morgan fingerprint density at radius 1 is 1.07 bits per heavy atom. The zero-order valence-corrected chi connectivity index (χ0v) is 16.2. The van der Waals surface area contributed by atoms with E-state index in [-0.39, 0.29) is 11.5 Å². The van der Waals surface area contributed by atoms with Gasteiger partial charge in [0.05, 0.1) is 19.3 Å². The average molecular weight is 394 g/mol. The van der Waals surface area contributed by atoms with E-state index in [1.54, 1.807) is 68.9 Å². The van der Waals surface area contributed by atoms with Crippen LogP contribution in [0.1, 0.15) is 13.0 Å². The number of carbonyl (C=O) groups excluding carboxylic acids is 1. The molecule has 1 N–H and O–H groups in total. The Morgan fingerprint density at radius 3 is 2.45 bits per heavy atom. The van der Waals surface area contributed by atoms with E-state index in [0.717, 1.165) is 11.3 Å². The Balaban J connectivity index is 1.57. The molecule has 8 heteroatoms. The van der Waals surface area contributed by atoms with Crippen LogP contribution in [0.3, 0.4) is 0 Å². The molecule has 0 bridgehead atoms. The third-order valence-electron chi connectivity index (χ3n) is 4.28. The molecule has 8 nitrogen and oxygen atoms in total. The minimum Gasteiger partial charge on any atom is -0.497 e. The van der Waals surface area contributed by atoms with E-state index in [9.17, 15) is 9.59 Å². The van der Waals surface area contributed by atoms with Gasteiger partial charge in [-0.25, -0.2) is 4.68 Å². The Bertz CT molecular complexity index is 1000. The Hall–Kier alpha value is -3.68. The van der Waals surface area contributed by atoms with Gasteiger partial charge >= 0.3 is 0 Å². The highest BCUT2D eigenvalue weighted by Crippen LogP contribution is 2.17. The molecule has 0 saturated carbocycles. The van der Waals surface area contributed by atoms with Crippen LogP contribution < -0.4 is 20.3 Å². The fraction of sp³-hybridized carbons (Fsp3) is 0.238. The highest BCUT2D eigenvalue weighted by molar-refractivity contribution is 5.79. The molecule has 0 aliphatic rings. The van der Waals surface area contributed by atoms with Gasteiger partial charge in [0.25, 0.3) is 5.56 Å². The first-order valence-corrected chi connectivity index (χ1v) is 9.13. The van der Waals surface area contributed by atoms with Gasteiger partial charge in [0.1, 0.15) is 24.1 Å². The summed E-state index contributed by atoms with van der Waals surface area (Å²) in [6.07, 6.45) is 3.29. The molecule has 0 fully saturated rings. The van der Waals surface area contributed by atoms with Crippen molar-refractivity contribution < 1.29 is 14.3 Å². The molecule has 2 heterocycles. The van der Waals surface area contributed by atoms with E-state index >= 15 is 0 Å². The van der Waals surface area contributed by atoms with E-state index in [2.05, 4.69) is 15.4 Å². The van der Waals surface area contributed by atoms with Gasteiger partial charge in [-0.1, -0.05) is 0 Å². The minimum absolute atomic E-state index is 0.296. The number of rotatable bonds is 8. The summed E-state index contributed by atoms with van der Waals surface area (Å²) in [5.74, 6) is 1.10. The quantitative estimate of drug-likeness (QED) is 0.588. The van der Waals surface area contributed by atoms with Crippen molar-refractivity contribution >= 4 is 5.91 Å². The average Bonchev–Trinajstić information content (AvgIpc) is 2.77. The van der Waals surface area contributed by atoms with Crippen molar-refractivity contribution in [3.05, 3.63) is 71.3 Å². The van der Waals surface area contributed by atoms with Crippen molar-refractivity contribution in [2.45, 2.75) is 13.0 Å². The first-order valence-electron chi connectivity index (χ1n) is 9.13. The molecule has 0 radical (unpaired) electrons. The SMILES string of the molecule is COc1ccc(OCCNC(=O)C(C)n2nc(-c3ccncc3)ccc2=O)cc1. The lowest BCUT2D eigenvalue weighted by Gasteiger charge is -2.15. The maximum Gasteiger partial charge on any atom is 0.267 e. The van der Waals surface area contributed by atoms with Gasteiger partial charge in [0.2, 0.25) is 5.91 Å². The van der Waals surface area contributed by atoms with Gasteiger partial charge in [0, 0.05) is 24.0 Å². The second-order valence-electron chi connectivity index (χ2n) is 6.23. The van der Waals surface area contributed by atoms with E-state index in [4.69, 9.17) is 9.47 Å². The van der Waals surface area contributed by atoms with Gasteiger partial charge in [-0.3, -0.25) is 14.6 Å². The van der Waals surface area contributed by atoms with Crippen molar-refractivity contribution in [3.8, 4) is 22.8 Å². The van der Waals surface area contributed by atoms with E-state index in [1.165, 1.54) is 10.7 Å². The first-order chi connectivity index (χ1) is 14.1. The summed E-state index contributed by atoms with van der Waals surface area (Å²) in [6, 6.07) is 13.0. The number of amides is 1. The second-order valence-corrected chi connectivity index (χ2v) is 6.23.